The third kappa shape index (κ3) is 4.05. The fourth-order valence-corrected chi connectivity index (χ4v) is 2.03. The van der Waals surface area contributed by atoms with Crippen LogP contribution < -0.4 is 5.32 Å². The van der Waals surface area contributed by atoms with Crippen LogP contribution in [0.2, 0.25) is 0 Å². The molecule has 4 nitrogen and oxygen atoms in total. The molecule has 1 aromatic rings. The van der Waals surface area contributed by atoms with Gasteiger partial charge in [0.1, 0.15) is 5.54 Å². The van der Waals surface area contributed by atoms with Gasteiger partial charge in [-0.25, -0.2) is 4.79 Å². The highest BCUT2D eigenvalue weighted by molar-refractivity contribution is 5.80. The number of nitrogens with zero attached hydrogens (tertiary/aromatic N) is 1. The molecular formula is C16H26N2O2. The molecule has 0 aliphatic heterocycles. The summed E-state index contributed by atoms with van der Waals surface area (Å²) in [5.74, 6) is -0.407. The number of hydrogen-bond acceptors (Lipinski definition) is 3. The molecule has 0 aliphatic carbocycles. The van der Waals surface area contributed by atoms with Gasteiger partial charge in [-0.05, 0) is 38.1 Å². The Kier molecular flexibility index (Phi) is 5.72. The maximum atomic E-state index is 11.6. The molecule has 0 bridgehead atoms. The second-order valence-corrected chi connectivity index (χ2v) is 5.94. The number of carbonyl (C=O) groups is 1. The molecule has 0 amide bonds. The standard InChI is InChI=1S/C16H26N2O2/c1-12(2)13-6-8-14(9-7-13)16(3,15(19)20)17-10-11-18(4)5/h6-9,12,17H,10-11H2,1-5H3,(H,19,20). The molecule has 0 heterocycles. The van der Waals surface area contributed by atoms with E-state index < -0.39 is 11.5 Å². The first-order valence-corrected chi connectivity index (χ1v) is 7.01. The van der Waals surface area contributed by atoms with Gasteiger partial charge < -0.3 is 10.0 Å². The fourth-order valence-electron chi connectivity index (χ4n) is 2.03. The number of carboxylic acid groups (broad SMARTS) is 1. The van der Waals surface area contributed by atoms with Crippen LogP contribution >= 0.6 is 0 Å². The van der Waals surface area contributed by atoms with Crippen molar-refractivity contribution in [2.24, 2.45) is 0 Å². The van der Waals surface area contributed by atoms with Gasteiger partial charge in [0.05, 0.1) is 0 Å². The molecule has 0 saturated carbocycles. The van der Waals surface area contributed by atoms with E-state index in [1.165, 1.54) is 5.56 Å². The van der Waals surface area contributed by atoms with E-state index in [2.05, 4.69) is 19.2 Å². The molecule has 1 rings (SSSR count). The van der Waals surface area contributed by atoms with Crippen LogP contribution in [0.1, 0.15) is 37.8 Å². The van der Waals surface area contributed by atoms with Gasteiger partial charge in [0.15, 0.2) is 0 Å². The summed E-state index contributed by atoms with van der Waals surface area (Å²) in [6.07, 6.45) is 0. The van der Waals surface area contributed by atoms with E-state index in [1.54, 1.807) is 6.92 Å². The number of rotatable bonds is 7. The maximum absolute atomic E-state index is 11.6. The highest BCUT2D eigenvalue weighted by atomic mass is 16.4. The Hall–Kier alpha value is -1.39. The zero-order valence-electron chi connectivity index (χ0n) is 13.1. The van der Waals surface area contributed by atoms with Crippen LogP contribution in [0.4, 0.5) is 0 Å². The number of carboxylic acids is 1. The fraction of sp³-hybridized carbons (Fsp3) is 0.562. The largest absolute Gasteiger partial charge is 0.480 e. The van der Waals surface area contributed by atoms with E-state index >= 15 is 0 Å². The topological polar surface area (TPSA) is 52.6 Å². The summed E-state index contributed by atoms with van der Waals surface area (Å²) in [6.45, 7) is 7.39. The van der Waals surface area contributed by atoms with Crippen LogP contribution in [-0.2, 0) is 10.3 Å². The van der Waals surface area contributed by atoms with Crippen LogP contribution in [0.15, 0.2) is 24.3 Å². The predicted molar refractivity (Wildman–Crippen MR) is 82.1 cm³/mol. The molecule has 0 saturated heterocycles. The number of likely N-dealkylation sites (N-methyl/N-ethyl adjacent to an activating group) is 1. The highest BCUT2D eigenvalue weighted by Crippen LogP contribution is 2.23. The molecule has 0 aliphatic rings. The zero-order valence-corrected chi connectivity index (χ0v) is 13.1. The molecule has 4 heteroatoms. The van der Waals surface area contributed by atoms with Gasteiger partial charge in [0, 0.05) is 13.1 Å². The molecule has 1 aromatic carbocycles. The summed E-state index contributed by atoms with van der Waals surface area (Å²) in [7, 11) is 3.94. The lowest BCUT2D eigenvalue weighted by Gasteiger charge is -2.28. The third-order valence-electron chi connectivity index (χ3n) is 3.62. The highest BCUT2D eigenvalue weighted by Gasteiger charge is 2.34. The summed E-state index contributed by atoms with van der Waals surface area (Å²) in [4.78, 5) is 13.7. The zero-order chi connectivity index (χ0) is 15.3. The van der Waals surface area contributed by atoms with E-state index in [-0.39, 0.29) is 0 Å². The Morgan fingerprint density at radius 1 is 1.30 bits per heavy atom. The Labute approximate surface area is 121 Å². The van der Waals surface area contributed by atoms with E-state index in [0.717, 1.165) is 12.1 Å². The van der Waals surface area contributed by atoms with Crippen molar-refractivity contribution in [1.82, 2.24) is 10.2 Å². The smallest absolute Gasteiger partial charge is 0.328 e. The van der Waals surface area contributed by atoms with Crippen molar-refractivity contribution >= 4 is 5.97 Å². The molecule has 0 aromatic heterocycles. The Morgan fingerprint density at radius 2 is 1.85 bits per heavy atom. The molecule has 0 radical (unpaired) electrons. The third-order valence-corrected chi connectivity index (χ3v) is 3.62. The van der Waals surface area contributed by atoms with E-state index in [9.17, 15) is 9.90 Å². The summed E-state index contributed by atoms with van der Waals surface area (Å²) in [5.41, 5.74) is 0.953. The normalized spacial score (nSPS) is 14.6. The summed E-state index contributed by atoms with van der Waals surface area (Å²) in [5, 5.41) is 12.7. The average molecular weight is 278 g/mol. The lowest BCUT2D eigenvalue weighted by Crippen LogP contribution is -2.48. The van der Waals surface area contributed by atoms with Gasteiger partial charge in [-0.15, -0.1) is 0 Å². The lowest BCUT2D eigenvalue weighted by molar-refractivity contribution is -0.144. The van der Waals surface area contributed by atoms with Gasteiger partial charge in [0.2, 0.25) is 0 Å². The van der Waals surface area contributed by atoms with E-state index in [0.29, 0.717) is 12.5 Å². The Balaban J connectivity index is 2.91. The van der Waals surface area contributed by atoms with Crippen molar-refractivity contribution in [3.8, 4) is 0 Å². The van der Waals surface area contributed by atoms with Gasteiger partial charge >= 0.3 is 5.97 Å². The number of aliphatic carboxylic acids is 1. The van der Waals surface area contributed by atoms with Gasteiger partial charge in [-0.1, -0.05) is 38.1 Å². The Bertz CT molecular complexity index is 440. The molecule has 0 fully saturated rings. The van der Waals surface area contributed by atoms with Gasteiger partial charge in [-0.3, -0.25) is 5.32 Å². The van der Waals surface area contributed by atoms with E-state index in [4.69, 9.17) is 0 Å². The van der Waals surface area contributed by atoms with Crippen LogP contribution in [0.25, 0.3) is 0 Å². The quantitative estimate of drug-likeness (QED) is 0.803. The first-order valence-electron chi connectivity index (χ1n) is 7.01. The van der Waals surface area contributed by atoms with Crippen molar-refractivity contribution in [2.45, 2.75) is 32.2 Å². The number of nitrogens with one attached hydrogen (secondary N) is 1. The maximum Gasteiger partial charge on any atom is 0.328 e. The van der Waals surface area contributed by atoms with E-state index in [1.807, 2.05) is 43.3 Å². The summed E-state index contributed by atoms with van der Waals surface area (Å²) in [6, 6.07) is 7.84. The first kappa shape index (κ1) is 16.7. The minimum Gasteiger partial charge on any atom is -0.480 e. The molecule has 112 valence electrons. The van der Waals surface area contributed by atoms with Crippen LogP contribution in [0.3, 0.4) is 0 Å². The molecule has 1 unspecified atom stereocenters. The molecule has 1 atom stereocenters. The van der Waals surface area contributed by atoms with Crippen molar-refractivity contribution < 1.29 is 9.90 Å². The minimum absolute atomic E-state index is 0.446. The van der Waals surface area contributed by atoms with Crippen LogP contribution in [0, 0.1) is 0 Å². The predicted octanol–water partition coefficient (Wildman–Crippen LogP) is 2.26. The SMILES string of the molecule is CC(C)c1ccc(C(C)(NCCN(C)C)C(=O)O)cc1. The first-order chi connectivity index (χ1) is 9.27. The monoisotopic (exact) mass is 278 g/mol. The number of hydrogen-bond donors (Lipinski definition) is 2. The molecular weight excluding hydrogens is 252 g/mol. The molecule has 20 heavy (non-hydrogen) atoms. The van der Waals surface area contributed by atoms with Crippen LogP contribution in [-0.4, -0.2) is 43.2 Å². The van der Waals surface area contributed by atoms with Gasteiger partial charge in [-0.2, -0.15) is 0 Å². The Morgan fingerprint density at radius 3 is 2.25 bits per heavy atom. The second kappa shape index (κ2) is 6.86. The van der Waals surface area contributed by atoms with Crippen molar-refractivity contribution in [1.29, 1.82) is 0 Å². The summed E-state index contributed by atoms with van der Waals surface area (Å²) < 4.78 is 0. The van der Waals surface area contributed by atoms with Crippen molar-refractivity contribution in [2.75, 3.05) is 27.2 Å². The van der Waals surface area contributed by atoms with Gasteiger partial charge in [0.25, 0.3) is 0 Å². The lowest BCUT2D eigenvalue weighted by atomic mass is 9.90. The van der Waals surface area contributed by atoms with Crippen molar-refractivity contribution in [3.05, 3.63) is 35.4 Å². The second-order valence-electron chi connectivity index (χ2n) is 5.94. The minimum atomic E-state index is -1.05. The van der Waals surface area contributed by atoms with Crippen LogP contribution in [0.5, 0.6) is 0 Å². The average Bonchev–Trinajstić information content (AvgIpc) is 2.37. The summed E-state index contributed by atoms with van der Waals surface area (Å²) >= 11 is 0. The number of benzene rings is 1. The molecule has 0 spiro atoms. The molecule has 2 N–H and O–H groups in total. The van der Waals surface area contributed by atoms with Crippen molar-refractivity contribution in [3.63, 3.8) is 0 Å².